The third-order valence-electron chi connectivity index (χ3n) is 12.8. The fourth-order valence-electron chi connectivity index (χ4n) is 9.62. The molecule has 0 fully saturated rings. The molecule has 3 aromatic heterocycles. The van der Waals surface area contributed by atoms with Gasteiger partial charge in [-0.1, -0.05) is 214 Å². The average molecular weight is 883 g/mol. The van der Waals surface area contributed by atoms with Gasteiger partial charge in [0, 0.05) is 32.7 Å². The third kappa shape index (κ3) is 8.40. The number of fused-ring (bicyclic) bond motifs is 9. The Morgan fingerprint density at radius 3 is 1.22 bits per heavy atom. The van der Waals surface area contributed by atoms with Crippen LogP contribution in [0.2, 0.25) is 0 Å². The number of para-hydroxylation sites is 5. The van der Waals surface area contributed by atoms with Crippen LogP contribution in [0.3, 0.4) is 0 Å². The van der Waals surface area contributed by atoms with Gasteiger partial charge >= 0.3 is 0 Å². The van der Waals surface area contributed by atoms with Crippen LogP contribution in [-0.2, 0) is 10.8 Å². The van der Waals surface area contributed by atoms with Crippen LogP contribution < -0.4 is 4.74 Å². The van der Waals surface area contributed by atoms with Crippen LogP contribution in [-0.4, -0.2) is 0 Å². The number of rotatable bonds is 2. The maximum atomic E-state index is 5.91. The smallest absolute Gasteiger partial charge is 0.135 e. The predicted molar refractivity (Wildman–Crippen MR) is 277 cm³/mol. The van der Waals surface area contributed by atoms with Crippen LogP contribution in [0.4, 0.5) is 0 Å². The highest BCUT2D eigenvalue weighted by Gasteiger charge is 2.45. The quantitative estimate of drug-likeness (QED) is 0.174. The van der Waals surface area contributed by atoms with Crippen LogP contribution in [0.15, 0.2) is 281 Å². The minimum Gasteiger partial charge on any atom is -0.473 e. The molecule has 0 atom stereocenters. The zero-order valence-corrected chi connectivity index (χ0v) is 38.0. The van der Waals surface area contributed by atoms with Crippen molar-refractivity contribution in [2.75, 3.05) is 0 Å². The number of hydrogen-bond donors (Lipinski definition) is 0. The number of benzene rings is 9. The lowest BCUT2D eigenvalue weighted by Gasteiger charge is -2.34. The van der Waals surface area contributed by atoms with Crippen LogP contribution in [0.1, 0.15) is 47.2 Å². The molecule has 4 nitrogen and oxygen atoms in total. The Bertz CT molecular complexity index is 3290. The maximum Gasteiger partial charge on any atom is 0.135 e. The molecular formula is C64H50O4. The van der Waals surface area contributed by atoms with Gasteiger partial charge in [-0.15, -0.1) is 0 Å². The van der Waals surface area contributed by atoms with Crippen LogP contribution >= 0.6 is 0 Å². The topological polar surface area (TPSA) is 48.7 Å². The van der Waals surface area contributed by atoms with E-state index < -0.39 is 0 Å². The van der Waals surface area contributed by atoms with Crippen LogP contribution in [0, 0.1) is 0 Å². The van der Waals surface area contributed by atoms with Gasteiger partial charge in [0.05, 0.1) is 24.2 Å². The lowest BCUT2D eigenvalue weighted by Crippen LogP contribution is -2.28. The van der Waals surface area contributed by atoms with Gasteiger partial charge in [0.1, 0.15) is 28.2 Å². The zero-order chi connectivity index (χ0) is 46.2. The Kier molecular flexibility index (Phi) is 12.4. The van der Waals surface area contributed by atoms with E-state index in [1.54, 1.807) is 18.8 Å². The third-order valence-corrected chi connectivity index (χ3v) is 12.8. The molecule has 2 aliphatic rings. The molecule has 0 saturated heterocycles. The second kappa shape index (κ2) is 19.5. The summed E-state index contributed by atoms with van der Waals surface area (Å²) in [5.41, 5.74) is 13.2. The molecule has 4 heterocycles. The highest BCUT2D eigenvalue weighted by atomic mass is 16.5. The number of furan rings is 3. The monoisotopic (exact) mass is 882 g/mol. The fourth-order valence-corrected chi connectivity index (χ4v) is 9.62. The Hall–Kier alpha value is -8.60. The lowest BCUT2D eigenvalue weighted by atomic mass is 9.68. The normalized spacial score (nSPS) is 12.9. The van der Waals surface area contributed by atoms with E-state index in [9.17, 15) is 0 Å². The SMILES string of the molecule is CC1(C)c2ccccc2Oc2ccccc21.c1ccc(C2(c3ccccc3)c3ccccc3-c3ccccc32)cc1.c1ccc2c(c1)oc1ccccc12.c1ccc2occc2c1.c1ccoc1. The first-order valence-corrected chi connectivity index (χ1v) is 23.0. The Balaban J connectivity index is 0.000000108. The summed E-state index contributed by atoms with van der Waals surface area (Å²) in [4.78, 5) is 0. The van der Waals surface area contributed by atoms with Crippen molar-refractivity contribution < 1.29 is 18.0 Å². The molecule has 0 amide bonds. The summed E-state index contributed by atoms with van der Waals surface area (Å²) in [6.45, 7) is 4.49. The Morgan fingerprint density at radius 2 is 0.735 bits per heavy atom. The molecule has 330 valence electrons. The van der Waals surface area contributed by atoms with Gasteiger partial charge in [0.25, 0.3) is 0 Å². The van der Waals surface area contributed by atoms with E-state index in [1.165, 1.54) is 55.3 Å². The second-order valence-electron chi connectivity index (χ2n) is 17.1. The molecule has 0 radical (unpaired) electrons. The molecule has 0 spiro atoms. The minimum atomic E-state index is -0.254. The highest BCUT2D eigenvalue weighted by Crippen LogP contribution is 2.56. The van der Waals surface area contributed by atoms with Crippen molar-refractivity contribution in [1.29, 1.82) is 0 Å². The summed E-state index contributed by atoms with van der Waals surface area (Å²) >= 11 is 0. The number of ether oxygens (including phenoxy) is 1. The van der Waals surface area contributed by atoms with Gasteiger partial charge in [-0.25, -0.2) is 0 Å². The molecule has 14 rings (SSSR count). The maximum absolute atomic E-state index is 5.91. The van der Waals surface area contributed by atoms with Gasteiger partial charge in [-0.2, -0.15) is 0 Å². The van der Waals surface area contributed by atoms with Gasteiger partial charge in [-0.3, -0.25) is 0 Å². The van der Waals surface area contributed by atoms with Gasteiger partial charge < -0.3 is 18.0 Å². The van der Waals surface area contributed by atoms with Crippen molar-refractivity contribution >= 4 is 32.9 Å². The fraction of sp³-hybridized carbons (Fsp3) is 0.0625. The van der Waals surface area contributed by atoms with Crippen molar-refractivity contribution in [3.63, 3.8) is 0 Å². The minimum absolute atomic E-state index is 0.0193. The zero-order valence-electron chi connectivity index (χ0n) is 38.0. The second-order valence-corrected chi connectivity index (χ2v) is 17.1. The van der Waals surface area contributed by atoms with E-state index >= 15 is 0 Å². The average Bonchev–Trinajstić information content (AvgIpc) is 4.25. The molecule has 9 aromatic carbocycles. The lowest BCUT2D eigenvalue weighted by molar-refractivity contribution is 0.418. The summed E-state index contributed by atoms with van der Waals surface area (Å²) in [7, 11) is 0. The Labute approximate surface area is 397 Å². The highest BCUT2D eigenvalue weighted by molar-refractivity contribution is 6.04. The van der Waals surface area contributed by atoms with Crippen molar-refractivity contribution in [2.45, 2.75) is 24.7 Å². The predicted octanol–water partition coefficient (Wildman–Crippen LogP) is 17.5. The summed E-state index contributed by atoms with van der Waals surface area (Å²) in [5.74, 6) is 1.96. The van der Waals surface area contributed by atoms with Gasteiger partial charge in [0.15, 0.2) is 0 Å². The summed E-state index contributed by atoms with van der Waals surface area (Å²) in [5, 5.41) is 3.55. The largest absolute Gasteiger partial charge is 0.473 e. The number of hydrogen-bond acceptors (Lipinski definition) is 4. The molecular weight excluding hydrogens is 833 g/mol. The van der Waals surface area contributed by atoms with Crippen LogP contribution in [0.5, 0.6) is 11.5 Å². The van der Waals surface area contributed by atoms with Gasteiger partial charge in [-0.05, 0) is 81.9 Å². The standard InChI is InChI=1S/C25H18.C15H14O.C12H8O.C8H6O.C4H4O/c1-3-11-19(12-4-1)25(20-13-5-2-6-14-20)23-17-9-7-15-21(23)22-16-8-10-18-24(22)25;1-15(2)11-7-3-5-9-13(11)16-14-10-6-4-8-12(14)15;1-3-7-11-9(5-1)10-6-2-4-8-12(10)13-11;1-2-4-8-7(3-1)5-6-9-8;1-2-4-5-3-1/h1-18H;3-10H,1-2H3;1-8H;1-6H;1-4H. The summed E-state index contributed by atoms with van der Waals surface area (Å²) in [6, 6.07) is 85.7. The van der Waals surface area contributed by atoms with E-state index in [0.717, 1.165) is 33.6 Å². The van der Waals surface area contributed by atoms with E-state index in [4.69, 9.17) is 13.6 Å². The molecule has 1 aliphatic carbocycles. The van der Waals surface area contributed by atoms with E-state index in [0.29, 0.717) is 0 Å². The van der Waals surface area contributed by atoms with Crippen molar-refractivity contribution in [2.24, 2.45) is 0 Å². The van der Waals surface area contributed by atoms with Crippen molar-refractivity contribution in [1.82, 2.24) is 0 Å². The van der Waals surface area contributed by atoms with Crippen molar-refractivity contribution in [3.05, 3.63) is 301 Å². The summed E-state index contributed by atoms with van der Waals surface area (Å²) in [6.07, 6.45) is 4.95. The van der Waals surface area contributed by atoms with E-state index in [2.05, 4.69) is 164 Å². The molecule has 68 heavy (non-hydrogen) atoms. The van der Waals surface area contributed by atoms with E-state index in [-0.39, 0.29) is 10.8 Å². The van der Waals surface area contributed by atoms with E-state index in [1.807, 2.05) is 103 Å². The van der Waals surface area contributed by atoms with Crippen molar-refractivity contribution in [3.8, 4) is 22.6 Å². The molecule has 0 unspecified atom stereocenters. The molecule has 0 N–H and O–H groups in total. The van der Waals surface area contributed by atoms with Crippen LogP contribution in [0.25, 0.3) is 44.0 Å². The Morgan fingerprint density at radius 1 is 0.324 bits per heavy atom. The summed E-state index contributed by atoms with van der Waals surface area (Å²) < 4.78 is 21.3. The molecule has 0 bridgehead atoms. The first kappa shape index (κ1) is 43.3. The van der Waals surface area contributed by atoms with Gasteiger partial charge in [0.2, 0.25) is 0 Å². The molecule has 12 aromatic rings. The molecule has 1 aliphatic heterocycles. The molecule has 0 saturated carbocycles. The molecule has 4 heteroatoms. The first-order chi connectivity index (χ1) is 33.5. The first-order valence-electron chi connectivity index (χ1n) is 23.0.